The van der Waals surface area contributed by atoms with Gasteiger partial charge in [-0.3, -0.25) is 4.79 Å². The monoisotopic (exact) mass is 285 g/mol. The lowest BCUT2D eigenvalue weighted by Gasteiger charge is -2.14. The third-order valence-electron chi connectivity index (χ3n) is 2.92. The maximum Gasteiger partial charge on any atom is 0.265 e. The van der Waals surface area contributed by atoms with Crippen molar-refractivity contribution in [1.29, 1.82) is 5.26 Å². The normalized spacial score (nSPS) is 10.1. The number of aryl methyl sites for hydroxylation is 1. The van der Waals surface area contributed by atoms with Gasteiger partial charge in [0.05, 0.1) is 18.2 Å². The zero-order valence-corrected chi connectivity index (χ0v) is 12.3. The molecule has 2 rings (SSSR count). The van der Waals surface area contributed by atoms with E-state index in [0.29, 0.717) is 17.8 Å². The minimum Gasteiger partial charge on any atom is -0.340 e. The molecule has 102 valence electrons. The van der Waals surface area contributed by atoms with E-state index < -0.39 is 0 Å². The highest BCUT2D eigenvalue weighted by Gasteiger charge is 2.19. The van der Waals surface area contributed by atoms with Crippen LogP contribution in [0.3, 0.4) is 0 Å². The first-order valence-electron chi connectivity index (χ1n) is 6.28. The largest absolute Gasteiger partial charge is 0.340 e. The predicted molar refractivity (Wildman–Crippen MR) is 79.5 cm³/mol. The van der Waals surface area contributed by atoms with Crippen LogP contribution in [0.15, 0.2) is 30.3 Å². The molecule has 0 saturated heterocycles. The number of amides is 1. The summed E-state index contributed by atoms with van der Waals surface area (Å²) in [5, 5.41) is 9.42. The van der Waals surface area contributed by atoms with Gasteiger partial charge in [0.15, 0.2) is 0 Å². The zero-order chi connectivity index (χ0) is 14.5. The van der Waals surface area contributed by atoms with Crippen LogP contribution in [-0.4, -0.2) is 29.4 Å². The van der Waals surface area contributed by atoms with Crippen molar-refractivity contribution in [3.8, 4) is 16.6 Å². The van der Waals surface area contributed by atoms with Gasteiger partial charge in [-0.2, -0.15) is 5.26 Å². The highest BCUT2D eigenvalue weighted by Crippen LogP contribution is 2.28. The lowest BCUT2D eigenvalue weighted by atomic mass is 10.2. The molecule has 1 aromatic heterocycles. The first-order chi connectivity index (χ1) is 9.63. The molecule has 20 heavy (non-hydrogen) atoms. The Balaban J connectivity index is 2.24. The smallest absolute Gasteiger partial charge is 0.265 e. The maximum atomic E-state index is 12.3. The fourth-order valence-corrected chi connectivity index (χ4v) is 2.86. The van der Waals surface area contributed by atoms with Gasteiger partial charge in [-0.15, -0.1) is 11.3 Å². The zero-order valence-electron chi connectivity index (χ0n) is 11.5. The number of nitriles is 1. The summed E-state index contributed by atoms with van der Waals surface area (Å²) in [7, 11) is 1.71. The van der Waals surface area contributed by atoms with Gasteiger partial charge in [0, 0.05) is 19.2 Å². The Morgan fingerprint density at radius 2 is 2.10 bits per heavy atom. The molecule has 0 fully saturated rings. The summed E-state index contributed by atoms with van der Waals surface area (Å²) in [6, 6.07) is 11.9. The summed E-state index contributed by atoms with van der Waals surface area (Å²) in [5.41, 5.74) is 1.75. The second-order valence-corrected chi connectivity index (χ2v) is 5.43. The van der Waals surface area contributed by atoms with Crippen LogP contribution in [0.1, 0.15) is 21.8 Å². The fourth-order valence-electron chi connectivity index (χ4n) is 1.79. The Morgan fingerprint density at radius 3 is 2.75 bits per heavy atom. The molecule has 0 atom stereocenters. The molecule has 0 radical (unpaired) electrons. The molecule has 1 heterocycles. The highest BCUT2D eigenvalue weighted by molar-refractivity contribution is 7.17. The van der Waals surface area contributed by atoms with Crippen LogP contribution in [0, 0.1) is 18.3 Å². The molecule has 1 amide bonds. The van der Waals surface area contributed by atoms with Crippen molar-refractivity contribution in [2.24, 2.45) is 0 Å². The number of carbonyl (C=O) groups excluding carboxylic acids is 1. The Labute approximate surface area is 122 Å². The van der Waals surface area contributed by atoms with Crippen molar-refractivity contribution >= 4 is 17.2 Å². The van der Waals surface area contributed by atoms with Gasteiger partial charge in [0.1, 0.15) is 9.88 Å². The summed E-state index contributed by atoms with van der Waals surface area (Å²) >= 11 is 1.40. The average molecular weight is 285 g/mol. The topological polar surface area (TPSA) is 57.0 Å². The van der Waals surface area contributed by atoms with Gasteiger partial charge >= 0.3 is 0 Å². The van der Waals surface area contributed by atoms with E-state index in [9.17, 15) is 4.79 Å². The van der Waals surface area contributed by atoms with Crippen LogP contribution in [0.25, 0.3) is 10.6 Å². The van der Waals surface area contributed by atoms with E-state index in [4.69, 9.17) is 5.26 Å². The van der Waals surface area contributed by atoms with Crippen LogP contribution in [0.2, 0.25) is 0 Å². The minimum atomic E-state index is -0.0718. The number of benzene rings is 1. The summed E-state index contributed by atoms with van der Waals surface area (Å²) in [4.78, 5) is 19.0. The Morgan fingerprint density at radius 1 is 1.40 bits per heavy atom. The van der Waals surface area contributed by atoms with Crippen molar-refractivity contribution in [3.05, 3.63) is 40.9 Å². The van der Waals surface area contributed by atoms with Gasteiger partial charge in [-0.1, -0.05) is 30.3 Å². The molecule has 0 unspecified atom stereocenters. The number of hydrogen-bond donors (Lipinski definition) is 0. The van der Waals surface area contributed by atoms with E-state index in [1.807, 2.05) is 43.3 Å². The number of thiazole rings is 1. The number of hydrogen-bond acceptors (Lipinski definition) is 4. The molecule has 0 saturated carbocycles. The average Bonchev–Trinajstić information content (AvgIpc) is 2.87. The van der Waals surface area contributed by atoms with Crippen molar-refractivity contribution in [3.63, 3.8) is 0 Å². The SMILES string of the molecule is Cc1nc(-c2ccccc2)sc1C(=O)N(C)CCC#N. The first kappa shape index (κ1) is 14.2. The van der Waals surface area contributed by atoms with E-state index in [1.165, 1.54) is 11.3 Å². The second kappa shape index (κ2) is 6.31. The van der Waals surface area contributed by atoms with E-state index in [-0.39, 0.29) is 5.91 Å². The van der Waals surface area contributed by atoms with Crippen LogP contribution in [0.4, 0.5) is 0 Å². The molecule has 0 bridgehead atoms. The van der Waals surface area contributed by atoms with Crippen molar-refractivity contribution in [2.45, 2.75) is 13.3 Å². The highest BCUT2D eigenvalue weighted by atomic mass is 32.1. The standard InChI is InChI=1S/C15H15N3OS/c1-11-13(15(19)18(2)10-6-9-16)20-14(17-11)12-7-4-3-5-8-12/h3-5,7-8H,6,10H2,1-2H3. The number of aromatic nitrogens is 1. The van der Waals surface area contributed by atoms with Gasteiger partial charge < -0.3 is 4.90 Å². The quantitative estimate of drug-likeness (QED) is 0.867. The Hall–Kier alpha value is -2.19. The van der Waals surface area contributed by atoms with Crippen LogP contribution in [-0.2, 0) is 0 Å². The summed E-state index contributed by atoms with van der Waals surface area (Å²) in [5.74, 6) is -0.0718. The van der Waals surface area contributed by atoms with Gasteiger partial charge in [0.2, 0.25) is 0 Å². The number of rotatable bonds is 4. The molecule has 0 N–H and O–H groups in total. The molecule has 1 aromatic carbocycles. The summed E-state index contributed by atoms with van der Waals surface area (Å²) in [6.07, 6.45) is 0.339. The molecule has 0 spiro atoms. The van der Waals surface area contributed by atoms with Gasteiger partial charge in [-0.05, 0) is 6.92 Å². The van der Waals surface area contributed by atoms with Crippen molar-refractivity contribution in [1.82, 2.24) is 9.88 Å². The molecule has 2 aromatic rings. The van der Waals surface area contributed by atoms with Gasteiger partial charge in [-0.25, -0.2) is 4.98 Å². The van der Waals surface area contributed by atoms with E-state index in [2.05, 4.69) is 4.98 Å². The molecule has 0 aliphatic rings. The predicted octanol–water partition coefficient (Wildman–Crippen LogP) is 3.10. The number of carbonyl (C=O) groups is 1. The maximum absolute atomic E-state index is 12.3. The lowest BCUT2D eigenvalue weighted by molar-refractivity contribution is 0.0802. The molecule has 5 heteroatoms. The van der Waals surface area contributed by atoms with E-state index >= 15 is 0 Å². The van der Waals surface area contributed by atoms with E-state index in [0.717, 1.165) is 16.3 Å². The Bertz CT molecular complexity index is 643. The van der Waals surface area contributed by atoms with Crippen LogP contribution >= 0.6 is 11.3 Å². The van der Waals surface area contributed by atoms with E-state index in [1.54, 1.807) is 11.9 Å². The van der Waals surface area contributed by atoms with Gasteiger partial charge in [0.25, 0.3) is 5.91 Å². The lowest BCUT2D eigenvalue weighted by Crippen LogP contribution is -2.27. The Kier molecular flexibility index (Phi) is 4.49. The molecule has 0 aliphatic heterocycles. The van der Waals surface area contributed by atoms with Crippen molar-refractivity contribution < 1.29 is 4.79 Å². The summed E-state index contributed by atoms with van der Waals surface area (Å²) in [6.45, 7) is 2.28. The fraction of sp³-hybridized carbons (Fsp3) is 0.267. The van der Waals surface area contributed by atoms with Crippen molar-refractivity contribution in [2.75, 3.05) is 13.6 Å². The second-order valence-electron chi connectivity index (χ2n) is 4.43. The molecule has 0 aliphatic carbocycles. The summed E-state index contributed by atoms with van der Waals surface area (Å²) < 4.78 is 0. The first-order valence-corrected chi connectivity index (χ1v) is 7.10. The van der Waals surface area contributed by atoms with Crippen LogP contribution < -0.4 is 0 Å². The molecular weight excluding hydrogens is 270 g/mol. The minimum absolute atomic E-state index is 0.0718. The molecule has 4 nitrogen and oxygen atoms in total. The van der Waals surface area contributed by atoms with Crippen LogP contribution in [0.5, 0.6) is 0 Å². The molecular formula is C15H15N3OS. The third kappa shape index (κ3) is 3.03. The number of nitrogens with zero attached hydrogens (tertiary/aromatic N) is 3. The third-order valence-corrected chi connectivity index (χ3v) is 4.11.